The highest BCUT2D eigenvalue weighted by Crippen LogP contribution is 2.22. The third-order valence-corrected chi connectivity index (χ3v) is 2.52. The van der Waals surface area contributed by atoms with E-state index < -0.39 is 0 Å². The van der Waals surface area contributed by atoms with E-state index in [4.69, 9.17) is 14.7 Å². The van der Waals surface area contributed by atoms with Crippen molar-refractivity contribution >= 4 is 15.9 Å². The van der Waals surface area contributed by atoms with E-state index in [-0.39, 0.29) is 6.10 Å². The molecule has 0 saturated carbocycles. The highest BCUT2D eigenvalue weighted by atomic mass is 79.9. The Balaban J connectivity index is 2.44. The average molecular weight is 284 g/mol. The summed E-state index contributed by atoms with van der Waals surface area (Å²) in [6, 6.07) is 7.36. The quantitative estimate of drug-likeness (QED) is 0.780. The minimum absolute atomic E-state index is 0.219. The van der Waals surface area contributed by atoms with Crippen LogP contribution in [0.3, 0.4) is 0 Å². The predicted molar refractivity (Wildman–Crippen MR) is 65.4 cm³/mol. The molecule has 0 amide bonds. The Kier molecular flexibility index (Phi) is 5.30. The van der Waals surface area contributed by atoms with E-state index in [2.05, 4.69) is 22.0 Å². The van der Waals surface area contributed by atoms with Crippen LogP contribution >= 0.6 is 15.9 Å². The molecular weight excluding hydrogens is 270 g/mol. The van der Waals surface area contributed by atoms with Crippen LogP contribution in [-0.2, 0) is 4.74 Å². The van der Waals surface area contributed by atoms with Crippen molar-refractivity contribution in [1.82, 2.24) is 0 Å². The van der Waals surface area contributed by atoms with E-state index in [1.807, 2.05) is 13.8 Å². The van der Waals surface area contributed by atoms with Gasteiger partial charge < -0.3 is 9.47 Å². The first-order valence-electron chi connectivity index (χ1n) is 5.07. The van der Waals surface area contributed by atoms with E-state index in [0.717, 1.165) is 10.2 Å². The lowest BCUT2D eigenvalue weighted by atomic mass is 10.2. The SMILES string of the molecule is CC(C)OCCOc1ccc(C#N)c(Br)c1. The Hall–Kier alpha value is -1.05. The Morgan fingerprint density at radius 1 is 1.38 bits per heavy atom. The maximum Gasteiger partial charge on any atom is 0.120 e. The van der Waals surface area contributed by atoms with Crippen LogP contribution in [0.5, 0.6) is 5.75 Å². The fourth-order valence-electron chi connectivity index (χ4n) is 1.12. The number of nitrogens with zero attached hydrogens (tertiary/aromatic N) is 1. The topological polar surface area (TPSA) is 42.2 Å². The van der Waals surface area contributed by atoms with Crippen molar-refractivity contribution in [2.24, 2.45) is 0 Å². The number of ether oxygens (including phenoxy) is 2. The summed E-state index contributed by atoms with van der Waals surface area (Å²) in [5.74, 6) is 0.734. The number of rotatable bonds is 5. The van der Waals surface area contributed by atoms with Crippen LogP contribution in [0.4, 0.5) is 0 Å². The molecule has 4 heteroatoms. The summed E-state index contributed by atoms with van der Waals surface area (Å²) >= 11 is 3.31. The molecule has 0 aliphatic rings. The summed E-state index contributed by atoms with van der Waals surface area (Å²) in [5, 5.41) is 8.74. The second-order valence-electron chi connectivity index (χ2n) is 3.52. The highest BCUT2D eigenvalue weighted by molar-refractivity contribution is 9.10. The molecular formula is C12H14BrNO2. The first-order chi connectivity index (χ1) is 7.63. The Morgan fingerprint density at radius 3 is 2.69 bits per heavy atom. The summed E-state index contributed by atoms with van der Waals surface area (Å²) in [4.78, 5) is 0. The van der Waals surface area contributed by atoms with Crippen LogP contribution in [0.15, 0.2) is 22.7 Å². The molecule has 0 aromatic heterocycles. The van der Waals surface area contributed by atoms with Gasteiger partial charge >= 0.3 is 0 Å². The van der Waals surface area contributed by atoms with Crippen LogP contribution in [-0.4, -0.2) is 19.3 Å². The fraction of sp³-hybridized carbons (Fsp3) is 0.417. The lowest BCUT2D eigenvalue weighted by molar-refractivity contribution is 0.0552. The Bertz CT molecular complexity index is 385. The molecule has 0 bridgehead atoms. The minimum Gasteiger partial charge on any atom is -0.491 e. The molecule has 86 valence electrons. The minimum atomic E-state index is 0.219. The summed E-state index contributed by atoms with van der Waals surface area (Å²) in [7, 11) is 0. The molecule has 1 aromatic rings. The molecule has 0 fully saturated rings. The normalized spacial score (nSPS) is 10.2. The molecule has 1 aromatic carbocycles. The Labute approximate surface area is 104 Å². The van der Waals surface area contributed by atoms with Crippen LogP contribution in [0.2, 0.25) is 0 Å². The summed E-state index contributed by atoms with van der Waals surface area (Å²) < 4.78 is 11.6. The average Bonchev–Trinajstić information content (AvgIpc) is 2.24. The van der Waals surface area contributed by atoms with Crippen molar-refractivity contribution in [2.75, 3.05) is 13.2 Å². The number of nitriles is 1. The van der Waals surface area contributed by atoms with Crippen LogP contribution < -0.4 is 4.74 Å². The van der Waals surface area contributed by atoms with E-state index in [1.54, 1.807) is 18.2 Å². The number of benzene rings is 1. The zero-order valence-corrected chi connectivity index (χ0v) is 11.0. The van der Waals surface area contributed by atoms with Crippen molar-refractivity contribution in [3.05, 3.63) is 28.2 Å². The van der Waals surface area contributed by atoms with Gasteiger partial charge in [0.05, 0.1) is 18.3 Å². The van der Waals surface area contributed by atoms with Gasteiger partial charge in [-0.05, 0) is 48.0 Å². The Morgan fingerprint density at radius 2 is 2.12 bits per heavy atom. The molecule has 0 atom stereocenters. The number of halogens is 1. The van der Waals surface area contributed by atoms with Crippen LogP contribution in [0.25, 0.3) is 0 Å². The monoisotopic (exact) mass is 283 g/mol. The lowest BCUT2D eigenvalue weighted by Crippen LogP contribution is -2.11. The van der Waals surface area contributed by atoms with Crippen molar-refractivity contribution in [3.8, 4) is 11.8 Å². The van der Waals surface area contributed by atoms with Gasteiger partial charge in [0.25, 0.3) is 0 Å². The summed E-state index contributed by atoms with van der Waals surface area (Å²) in [6.07, 6.45) is 0.219. The van der Waals surface area contributed by atoms with E-state index in [9.17, 15) is 0 Å². The van der Waals surface area contributed by atoms with Crippen molar-refractivity contribution in [3.63, 3.8) is 0 Å². The number of hydrogen-bond acceptors (Lipinski definition) is 3. The molecule has 0 N–H and O–H groups in total. The summed E-state index contributed by atoms with van der Waals surface area (Å²) in [5.41, 5.74) is 0.603. The molecule has 3 nitrogen and oxygen atoms in total. The van der Waals surface area contributed by atoms with Gasteiger partial charge in [0, 0.05) is 4.47 Å². The van der Waals surface area contributed by atoms with Gasteiger partial charge in [-0.3, -0.25) is 0 Å². The molecule has 0 aliphatic heterocycles. The van der Waals surface area contributed by atoms with Crippen molar-refractivity contribution < 1.29 is 9.47 Å². The largest absolute Gasteiger partial charge is 0.491 e. The van der Waals surface area contributed by atoms with Gasteiger partial charge in [0.1, 0.15) is 18.4 Å². The smallest absolute Gasteiger partial charge is 0.120 e. The van der Waals surface area contributed by atoms with Gasteiger partial charge in [0.2, 0.25) is 0 Å². The van der Waals surface area contributed by atoms with Crippen molar-refractivity contribution in [2.45, 2.75) is 20.0 Å². The molecule has 0 aliphatic carbocycles. The predicted octanol–water partition coefficient (Wildman–Crippen LogP) is 3.12. The van der Waals surface area contributed by atoms with Gasteiger partial charge in [0.15, 0.2) is 0 Å². The third-order valence-electron chi connectivity index (χ3n) is 1.86. The third kappa shape index (κ3) is 4.21. The molecule has 1 rings (SSSR count). The first kappa shape index (κ1) is 13.0. The molecule has 0 spiro atoms. The lowest BCUT2D eigenvalue weighted by Gasteiger charge is -2.09. The first-order valence-corrected chi connectivity index (χ1v) is 5.87. The molecule has 0 saturated heterocycles. The second-order valence-corrected chi connectivity index (χ2v) is 4.38. The molecule has 0 heterocycles. The van der Waals surface area contributed by atoms with Crippen LogP contribution in [0, 0.1) is 11.3 Å². The van der Waals surface area contributed by atoms with Gasteiger partial charge in [-0.2, -0.15) is 5.26 Å². The second kappa shape index (κ2) is 6.51. The zero-order chi connectivity index (χ0) is 12.0. The maximum atomic E-state index is 8.74. The molecule has 0 unspecified atom stereocenters. The van der Waals surface area contributed by atoms with Gasteiger partial charge in [-0.1, -0.05) is 0 Å². The maximum absolute atomic E-state index is 8.74. The van der Waals surface area contributed by atoms with Crippen molar-refractivity contribution in [1.29, 1.82) is 5.26 Å². The van der Waals surface area contributed by atoms with Gasteiger partial charge in [-0.25, -0.2) is 0 Å². The zero-order valence-electron chi connectivity index (χ0n) is 9.37. The highest BCUT2D eigenvalue weighted by Gasteiger charge is 2.01. The number of hydrogen-bond donors (Lipinski definition) is 0. The molecule has 0 radical (unpaired) electrons. The van der Waals surface area contributed by atoms with Crippen LogP contribution in [0.1, 0.15) is 19.4 Å². The standard InChI is InChI=1S/C12H14BrNO2/c1-9(2)15-5-6-16-11-4-3-10(8-14)12(13)7-11/h3-4,7,9H,5-6H2,1-2H3. The van der Waals surface area contributed by atoms with E-state index in [1.165, 1.54) is 0 Å². The van der Waals surface area contributed by atoms with E-state index >= 15 is 0 Å². The van der Waals surface area contributed by atoms with Gasteiger partial charge in [-0.15, -0.1) is 0 Å². The van der Waals surface area contributed by atoms with E-state index in [0.29, 0.717) is 18.8 Å². The molecule has 16 heavy (non-hydrogen) atoms. The fourth-order valence-corrected chi connectivity index (χ4v) is 1.57. The summed E-state index contributed by atoms with van der Waals surface area (Å²) in [6.45, 7) is 5.04.